The highest BCUT2D eigenvalue weighted by atomic mass is 79.9. The Kier molecular flexibility index (Phi) is 8.28. The van der Waals surface area contributed by atoms with Gasteiger partial charge in [-0.2, -0.15) is 5.10 Å². The first-order chi connectivity index (χ1) is 15.8. The number of nitro benzene ring substituents is 1. The fraction of sp³-hybridized carbons (Fsp3) is 0.0455. The van der Waals surface area contributed by atoms with Gasteiger partial charge in [0, 0.05) is 15.0 Å². The van der Waals surface area contributed by atoms with Crippen LogP contribution in [0.2, 0.25) is 0 Å². The van der Waals surface area contributed by atoms with Crippen molar-refractivity contribution in [2.45, 2.75) is 0 Å². The lowest BCUT2D eigenvalue weighted by Gasteiger charge is -2.06. The third kappa shape index (κ3) is 7.22. The van der Waals surface area contributed by atoms with Crippen molar-refractivity contribution in [2.75, 3.05) is 6.61 Å². The maximum absolute atomic E-state index is 12.2. The number of ether oxygens (including phenoxy) is 2. The number of esters is 1. The largest absolute Gasteiger partial charge is 0.477 e. The highest BCUT2D eigenvalue weighted by molar-refractivity contribution is 9.10. The molecule has 11 heteroatoms. The van der Waals surface area contributed by atoms with Crippen LogP contribution in [-0.2, 0) is 4.79 Å². The van der Waals surface area contributed by atoms with Crippen LogP contribution in [0.1, 0.15) is 15.9 Å². The maximum Gasteiger partial charge on any atom is 0.343 e. The number of nitrogens with zero attached hydrogens (tertiary/aromatic N) is 2. The first kappa shape index (κ1) is 24.1. The molecule has 0 aliphatic heterocycles. The van der Waals surface area contributed by atoms with E-state index in [-0.39, 0.29) is 11.4 Å². The van der Waals surface area contributed by atoms with E-state index in [4.69, 9.17) is 9.47 Å². The molecule has 0 unspecified atom stereocenters. The molecule has 3 aromatic rings. The Morgan fingerprint density at radius 1 is 1.03 bits per heavy atom. The van der Waals surface area contributed by atoms with Gasteiger partial charge >= 0.3 is 11.7 Å². The van der Waals surface area contributed by atoms with Crippen molar-refractivity contribution < 1.29 is 24.0 Å². The predicted octanol–water partition coefficient (Wildman–Crippen LogP) is 4.87. The summed E-state index contributed by atoms with van der Waals surface area (Å²) >= 11 is 6.45. The molecular formula is C22H15Br2N3O6. The fourth-order valence-corrected chi connectivity index (χ4v) is 3.26. The summed E-state index contributed by atoms with van der Waals surface area (Å²) in [6.07, 6.45) is 1.39. The van der Waals surface area contributed by atoms with Gasteiger partial charge in [0.15, 0.2) is 12.4 Å². The number of carbonyl (C=O) groups excluding carboxylic acids is 2. The molecule has 0 aromatic heterocycles. The van der Waals surface area contributed by atoms with Crippen molar-refractivity contribution in [2.24, 2.45) is 5.10 Å². The number of nitrogens with one attached hydrogen (secondary N) is 1. The zero-order chi connectivity index (χ0) is 23.8. The molecule has 0 aliphatic carbocycles. The zero-order valence-corrected chi connectivity index (χ0v) is 19.9. The quantitative estimate of drug-likeness (QED) is 0.134. The smallest absolute Gasteiger partial charge is 0.343 e. The lowest BCUT2D eigenvalue weighted by molar-refractivity contribution is -0.385. The van der Waals surface area contributed by atoms with Crippen molar-refractivity contribution in [1.29, 1.82) is 0 Å². The fourth-order valence-electron chi connectivity index (χ4n) is 2.51. The summed E-state index contributed by atoms with van der Waals surface area (Å²) in [6, 6.07) is 17.6. The molecule has 0 aliphatic rings. The number of rotatable bonds is 8. The molecule has 0 heterocycles. The number of hydrogen-bond donors (Lipinski definition) is 1. The summed E-state index contributed by atoms with van der Waals surface area (Å²) in [4.78, 5) is 34.5. The summed E-state index contributed by atoms with van der Waals surface area (Å²) in [5, 5.41) is 14.9. The number of hydrazone groups is 1. The minimum absolute atomic E-state index is 0.0321. The topological polar surface area (TPSA) is 120 Å². The maximum atomic E-state index is 12.2. The molecule has 3 aromatic carbocycles. The molecule has 33 heavy (non-hydrogen) atoms. The standard InChI is InChI=1S/C22H15Br2N3O6/c23-16-3-1-2-15(10-16)22(29)33-18-7-4-14(5-8-18)12-25-26-21(28)13-32-20-9-6-17(24)11-19(20)27(30)31/h1-12H,13H2,(H,26,28)/b25-12-. The van der Waals surface area contributed by atoms with Crippen LogP contribution in [0.5, 0.6) is 11.5 Å². The van der Waals surface area contributed by atoms with E-state index in [2.05, 4.69) is 42.4 Å². The SMILES string of the molecule is O=C(COc1ccc(Br)cc1[N+](=O)[O-])N/N=C\c1ccc(OC(=O)c2cccc(Br)c2)cc1. The van der Waals surface area contributed by atoms with Gasteiger partial charge in [0.1, 0.15) is 5.75 Å². The van der Waals surface area contributed by atoms with Crippen LogP contribution < -0.4 is 14.9 Å². The van der Waals surface area contributed by atoms with Crippen molar-refractivity contribution in [3.63, 3.8) is 0 Å². The Balaban J connectivity index is 1.50. The summed E-state index contributed by atoms with van der Waals surface area (Å²) < 4.78 is 11.8. The summed E-state index contributed by atoms with van der Waals surface area (Å²) in [6.45, 7) is -0.454. The van der Waals surface area contributed by atoms with E-state index in [1.165, 1.54) is 18.3 Å². The Morgan fingerprint density at radius 2 is 1.76 bits per heavy atom. The van der Waals surface area contributed by atoms with Gasteiger partial charge in [0.2, 0.25) is 0 Å². The number of amides is 1. The van der Waals surface area contributed by atoms with Gasteiger partial charge in [0.05, 0.1) is 16.7 Å². The Hall–Kier alpha value is -3.57. The molecule has 0 bridgehead atoms. The second-order valence-corrected chi connectivity index (χ2v) is 8.25. The molecule has 0 saturated carbocycles. The van der Waals surface area contributed by atoms with E-state index in [1.54, 1.807) is 54.6 Å². The van der Waals surface area contributed by atoms with Gasteiger partial charge < -0.3 is 9.47 Å². The first-order valence-electron chi connectivity index (χ1n) is 9.28. The minimum Gasteiger partial charge on any atom is -0.477 e. The van der Waals surface area contributed by atoms with E-state index in [0.29, 0.717) is 21.3 Å². The van der Waals surface area contributed by atoms with E-state index >= 15 is 0 Å². The van der Waals surface area contributed by atoms with Crippen LogP contribution in [0.4, 0.5) is 5.69 Å². The van der Waals surface area contributed by atoms with Crippen LogP contribution >= 0.6 is 31.9 Å². The van der Waals surface area contributed by atoms with Crippen molar-refractivity contribution in [1.82, 2.24) is 5.43 Å². The molecule has 3 rings (SSSR count). The highest BCUT2D eigenvalue weighted by Gasteiger charge is 2.16. The minimum atomic E-state index is -0.601. The first-order valence-corrected chi connectivity index (χ1v) is 10.9. The lowest BCUT2D eigenvalue weighted by atomic mass is 10.2. The molecule has 0 spiro atoms. The predicted molar refractivity (Wildman–Crippen MR) is 128 cm³/mol. The van der Waals surface area contributed by atoms with Crippen LogP contribution in [0.25, 0.3) is 0 Å². The highest BCUT2D eigenvalue weighted by Crippen LogP contribution is 2.29. The third-order valence-corrected chi connectivity index (χ3v) is 5.02. The molecule has 0 atom stereocenters. The zero-order valence-electron chi connectivity index (χ0n) is 16.7. The molecule has 9 nitrogen and oxygen atoms in total. The number of carbonyl (C=O) groups is 2. The molecule has 1 N–H and O–H groups in total. The average molecular weight is 577 g/mol. The molecule has 0 fully saturated rings. The van der Waals surface area contributed by atoms with Gasteiger partial charge in [-0.3, -0.25) is 14.9 Å². The molecule has 1 amide bonds. The van der Waals surface area contributed by atoms with E-state index in [9.17, 15) is 19.7 Å². The van der Waals surface area contributed by atoms with E-state index in [0.717, 1.165) is 4.47 Å². The summed E-state index contributed by atoms with van der Waals surface area (Å²) in [5.74, 6) is -0.764. The normalized spacial score (nSPS) is 10.6. The monoisotopic (exact) mass is 575 g/mol. The second-order valence-electron chi connectivity index (χ2n) is 6.42. The molecular weight excluding hydrogens is 562 g/mol. The molecule has 0 radical (unpaired) electrons. The molecule has 0 saturated heterocycles. The molecule has 168 valence electrons. The average Bonchev–Trinajstić information content (AvgIpc) is 2.79. The van der Waals surface area contributed by atoms with Gasteiger partial charge in [-0.15, -0.1) is 0 Å². The summed E-state index contributed by atoms with van der Waals surface area (Å²) in [5.41, 5.74) is 3.06. The van der Waals surface area contributed by atoms with Crippen LogP contribution in [0.3, 0.4) is 0 Å². The van der Waals surface area contributed by atoms with Crippen molar-refractivity contribution in [3.05, 3.63) is 96.9 Å². The van der Waals surface area contributed by atoms with Crippen LogP contribution in [0, 0.1) is 10.1 Å². The second kappa shape index (κ2) is 11.3. The number of halogens is 2. The van der Waals surface area contributed by atoms with E-state index < -0.39 is 23.4 Å². The summed E-state index contributed by atoms with van der Waals surface area (Å²) in [7, 11) is 0. The van der Waals surface area contributed by atoms with Crippen molar-refractivity contribution in [3.8, 4) is 11.5 Å². The Bertz CT molecular complexity index is 1220. The van der Waals surface area contributed by atoms with Gasteiger partial charge in [0.25, 0.3) is 5.91 Å². The lowest BCUT2D eigenvalue weighted by Crippen LogP contribution is -2.24. The Labute approximate surface area is 204 Å². The van der Waals surface area contributed by atoms with Crippen molar-refractivity contribution >= 4 is 55.6 Å². The van der Waals surface area contributed by atoms with Gasteiger partial charge in [-0.05, 0) is 60.2 Å². The number of benzene rings is 3. The van der Waals surface area contributed by atoms with E-state index in [1.807, 2.05) is 0 Å². The van der Waals surface area contributed by atoms with Crippen LogP contribution in [0.15, 0.2) is 80.8 Å². The van der Waals surface area contributed by atoms with Crippen LogP contribution in [-0.4, -0.2) is 29.6 Å². The number of hydrogen-bond acceptors (Lipinski definition) is 7. The van der Waals surface area contributed by atoms with Gasteiger partial charge in [-0.25, -0.2) is 10.2 Å². The van der Waals surface area contributed by atoms with Gasteiger partial charge in [-0.1, -0.05) is 37.9 Å². The number of nitro groups is 1. The third-order valence-electron chi connectivity index (χ3n) is 4.03. The Morgan fingerprint density at radius 3 is 2.45 bits per heavy atom.